The summed E-state index contributed by atoms with van der Waals surface area (Å²) in [6, 6.07) is 14.0. The van der Waals surface area contributed by atoms with Crippen molar-refractivity contribution in [1.29, 1.82) is 0 Å². The Labute approximate surface area is 159 Å². The molecule has 0 aromatic heterocycles. The predicted molar refractivity (Wildman–Crippen MR) is 105 cm³/mol. The predicted octanol–water partition coefficient (Wildman–Crippen LogP) is 4.39. The van der Waals surface area contributed by atoms with Crippen LogP contribution in [0.1, 0.15) is 41.6 Å². The molecular formula is C21H23ClN2O2. The van der Waals surface area contributed by atoms with Crippen molar-refractivity contribution < 1.29 is 9.59 Å². The fourth-order valence-electron chi connectivity index (χ4n) is 3.25. The van der Waals surface area contributed by atoms with E-state index in [0.29, 0.717) is 28.4 Å². The lowest BCUT2D eigenvalue weighted by Crippen LogP contribution is -2.34. The van der Waals surface area contributed by atoms with Crippen LogP contribution in [0.3, 0.4) is 0 Å². The summed E-state index contributed by atoms with van der Waals surface area (Å²) in [5, 5.41) is 3.36. The topological polar surface area (TPSA) is 49.4 Å². The highest BCUT2D eigenvalue weighted by atomic mass is 35.5. The van der Waals surface area contributed by atoms with Gasteiger partial charge in [0.05, 0.1) is 12.2 Å². The third kappa shape index (κ3) is 4.93. The maximum absolute atomic E-state index is 12.8. The second kappa shape index (κ2) is 8.97. The van der Waals surface area contributed by atoms with Crippen LogP contribution in [0, 0.1) is 0 Å². The zero-order chi connectivity index (χ0) is 18.4. The molecule has 3 rings (SSSR count). The molecule has 0 bridgehead atoms. The molecule has 1 aliphatic heterocycles. The number of ketones is 1. The molecule has 1 amide bonds. The van der Waals surface area contributed by atoms with Crippen LogP contribution in [0.2, 0.25) is 5.02 Å². The third-order valence-electron chi connectivity index (χ3n) is 4.60. The Kier molecular flexibility index (Phi) is 6.42. The number of hydrogen-bond donors (Lipinski definition) is 1. The molecule has 2 aromatic rings. The molecule has 26 heavy (non-hydrogen) atoms. The van der Waals surface area contributed by atoms with Gasteiger partial charge in [0.25, 0.3) is 0 Å². The van der Waals surface area contributed by atoms with Crippen LogP contribution in [0.4, 0.5) is 5.69 Å². The zero-order valence-electron chi connectivity index (χ0n) is 14.7. The molecule has 0 saturated carbocycles. The zero-order valence-corrected chi connectivity index (χ0v) is 15.5. The standard InChI is InChI=1S/C21H23ClN2O2/c22-17-10-11-19(18(14-17)21(26)16-8-4-3-5-9-16)23-20(25)15-24-12-6-1-2-7-13-24/h3-5,8-11,14H,1-2,6-7,12-13,15H2,(H,23,25). The molecule has 136 valence electrons. The molecule has 5 heteroatoms. The van der Waals surface area contributed by atoms with Gasteiger partial charge in [-0.05, 0) is 44.1 Å². The van der Waals surface area contributed by atoms with E-state index < -0.39 is 0 Å². The number of nitrogens with one attached hydrogen (secondary N) is 1. The second-order valence-corrected chi connectivity index (χ2v) is 7.06. The van der Waals surface area contributed by atoms with Gasteiger partial charge < -0.3 is 5.32 Å². The van der Waals surface area contributed by atoms with Gasteiger partial charge in [0.15, 0.2) is 5.78 Å². The summed E-state index contributed by atoms with van der Waals surface area (Å²) >= 11 is 6.09. The van der Waals surface area contributed by atoms with Crippen molar-refractivity contribution in [3.05, 3.63) is 64.7 Å². The van der Waals surface area contributed by atoms with Crippen molar-refractivity contribution in [3.63, 3.8) is 0 Å². The largest absolute Gasteiger partial charge is 0.324 e. The number of halogens is 1. The molecule has 1 aliphatic rings. The molecule has 0 unspecified atom stereocenters. The van der Waals surface area contributed by atoms with E-state index in [9.17, 15) is 9.59 Å². The van der Waals surface area contributed by atoms with Gasteiger partial charge >= 0.3 is 0 Å². The normalized spacial score (nSPS) is 15.3. The number of likely N-dealkylation sites (tertiary alicyclic amines) is 1. The second-order valence-electron chi connectivity index (χ2n) is 6.62. The monoisotopic (exact) mass is 370 g/mol. The van der Waals surface area contributed by atoms with Gasteiger partial charge in [-0.3, -0.25) is 14.5 Å². The van der Waals surface area contributed by atoms with Crippen molar-refractivity contribution in [3.8, 4) is 0 Å². The summed E-state index contributed by atoms with van der Waals surface area (Å²) in [6.45, 7) is 2.25. The lowest BCUT2D eigenvalue weighted by molar-refractivity contribution is -0.117. The van der Waals surface area contributed by atoms with Crippen molar-refractivity contribution in [2.75, 3.05) is 25.0 Å². The van der Waals surface area contributed by atoms with Gasteiger partial charge in [0.2, 0.25) is 5.91 Å². The molecule has 0 spiro atoms. The Morgan fingerprint density at radius 1 is 0.962 bits per heavy atom. The molecule has 1 fully saturated rings. The summed E-state index contributed by atoms with van der Waals surface area (Å²) < 4.78 is 0. The smallest absolute Gasteiger partial charge is 0.238 e. The van der Waals surface area contributed by atoms with E-state index in [1.807, 2.05) is 18.2 Å². The quantitative estimate of drug-likeness (QED) is 0.794. The first-order valence-electron chi connectivity index (χ1n) is 9.05. The number of carbonyl (C=O) groups excluding carboxylic acids is 2. The first-order chi connectivity index (χ1) is 12.6. The van der Waals surface area contributed by atoms with Gasteiger partial charge in [-0.2, -0.15) is 0 Å². The molecule has 0 aliphatic carbocycles. The lowest BCUT2D eigenvalue weighted by Gasteiger charge is -2.19. The van der Waals surface area contributed by atoms with Crippen LogP contribution in [0.25, 0.3) is 0 Å². The summed E-state index contributed by atoms with van der Waals surface area (Å²) in [5.74, 6) is -0.255. The highest BCUT2D eigenvalue weighted by Crippen LogP contribution is 2.24. The fourth-order valence-corrected chi connectivity index (χ4v) is 3.42. The Morgan fingerprint density at radius 2 is 1.65 bits per heavy atom. The molecule has 2 aromatic carbocycles. The van der Waals surface area contributed by atoms with E-state index >= 15 is 0 Å². The molecule has 1 saturated heterocycles. The molecular weight excluding hydrogens is 348 g/mol. The number of anilines is 1. The minimum absolute atomic E-state index is 0.101. The highest BCUT2D eigenvalue weighted by molar-refractivity contribution is 6.31. The number of benzene rings is 2. The highest BCUT2D eigenvalue weighted by Gasteiger charge is 2.18. The summed E-state index contributed by atoms with van der Waals surface area (Å²) in [6.07, 6.45) is 4.72. The third-order valence-corrected chi connectivity index (χ3v) is 4.84. The number of nitrogens with zero attached hydrogens (tertiary/aromatic N) is 1. The maximum atomic E-state index is 12.8. The minimum atomic E-state index is -0.154. The Balaban J connectivity index is 1.75. The number of carbonyl (C=O) groups is 2. The first-order valence-corrected chi connectivity index (χ1v) is 9.43. The van der Waals surface area contributed by atoms with Crippen LogP contribution in [0.5, 0.6) is 0 Å². The van der Waals surface area contributed by atoms with E-state index in [1.165, 1.54) is 12.8 Å². The van der Waals surface area contributed by atoms with E-state index in [-0.39, 0.29) is 11.7 Å². The summed E-state index contributed by atoms with van der Waals surface area (Å²) in [7, 11) is 0. The van der Waals surface area contributed by atoms with Crippen molar-refractivity contribution in [2.24, 2.45) is 0 Å². The Morgan fingerprint density at radius 3 is 2.35 bits per heavy atom. The van der Waals surface area contributed by atoms with Crippen molar-refractivity contribution in [2.45, 2.75) is 25.7 Å². The Hall–Kier alpha value is -2.17. The number of amides is 1. The lowest BCUT2D eigenvalue weighted by atomic mass is 10.0. The maximum Gasteiger partial charge on any atom is 0.238 e. The van der Waals surface area contributed by atoms with Gasteiger partial charge in [0, 0.05) is 16.1 Å². The summed E-state index contributed by atoms with van der Waals surface area (Å²) in [5.41, 5.74) is 1.48. The van der Waals surface area contributed by atoms with Crippen molar-refractivity contribution in [1.82, 2.24) is 4.90 Å². The molecule has 1 N–H and O–H groups in total. The van der Waals surface area contributed by atoms with Crippen LogP contribution < -0.4 is 5.32 Å². The number of hydrogen-bond acceptors (Lipinski definition) is 3. The average molecular weight is 371 g/mol. The molecule has 0 atom stereocenters. The van der Waals surface area contributed by atoms with Gasteiger partial charge in [-0.15, -0.1) is 0 Å². The van der Waals surface area contributed by atoms with Crippen molar-refractivity contribution >= 4 is 29.0 Å². The number of rotatable bonds is 5. The Bertz CT molecular complexity index is 769. The van der Waals surface area contributed by atoms with Gasteiger partial charge in [-0.25, -0.2) is 0 Å². The van der Waals surface area contributed by atoms with E-state index in [4.69, 9.17) is 11.6 Å². The fraction of sp³-hybridized carbons (Fsp3) is 0.333. The first kappa shape index (κ1) is 18.6. The minimum Gasteiger partial charge on any atom is -0.324 e. The molecule has 0 radical (unpaired) electrons. The van der Waals surface area contributed by atoms with Crippen LogP contribution in [0.15, 0.2) is 48.5 Å². The van der Waals surface area contributed by atoms with Crippen LogP contribution >= 0.6 is 11.6 Å². The molecule has 1 heterocycles. The van der Waals surface area contributed by atoms with Gasteiger partial charge in [-0.1, -0.05) is 54.8 Å². The average Bonchev–Trinajstić information content (AvgIpc) is 2.92. The van der Waals surface area contributed by atoms with E-state index in [1.54, 1.807) is 30.3 Å². The SMILES string of the molecule is O=C(CN1CCCCCC1)Nc1ccc(Cl)cc1C(=O)c1ccccc1. The molecule has 4 nitrogen and oxygen atoms in total. The van der Waals surface area contributed by atoms with Crippen LogP contribution in [-0.4, -0.2) is 36.2 Å². The summed E-state index contributed by atoms with van der Waals surface area (Å²) in [4.78, 5) is 27.5. The van der Waals surface area contributed by atoms with E-state index in [0.717, 1.165) is 25.9 Å². The van der Waals surface area contributed by atoms with Crippen LogP contribution in [-0.2, 0) is 4.79 Å². The van der Waals surface area contributed by atoms with E-state index in [2.05, 4.69) is 10.2 Å². The van der Waals surface area contributed by atoms with Gasteiger partial charge in [0.1, 0.15) is 0 Å².